The van der Waals surface area contributed by atoms with Crippen molar-refractivity contribution in [3.05, 3.63) is 12.8 Å². The first-order valence-corrected chi connectivity index (χ1v) is 11.3. The number of unbranched alkanes of at least 4 members (excludes halogenated alkanes) is 14. The maximum Gasteiger partial charge on any atom is 0.219 e. The minimum absolute atomic E-state index is 0.179. The van der Waals surface area contributed by atoms with E-state index in [9.17, 15) is 4.79 Å². The summed E-state index contributed by atoms with van der Waals surface area (Å²) in [5.74, 6) is 0.179. The van der Waals surface area contributed by atoms with Crippen molar-refractivity contribution in [3.63, 3.8) is 0 Å². The summed E-state index contributed by atoms with van der Waals surface area (Å²) in [6.07, 6.45) is 23.3. The van der Waals surface area contributed by atoms with Gasteiger partial charge in [0, 0.05) is 13.0 Å². The van der Waals surface area contributed by atoms with Crippen LogP contribution in [0.5, 0.6) is 0 Å². The second-order valence-corrected chi connectivity index (χ2v) is 7.44. The van der Waals surface area contributed by atoms with Gasteiger partial charge in [-0.15, -0.1) is 0 Å². The predicted molar refractivity (Wildman–Crippen MR) is 113 cm³/mol. The van der Waals surface area contributed by atoms with Crippen LogP contribution < -0.4 is 5.32 Å². The molecular formula is C23H45NO2. The summed E-state index contributed by atoms with van der Waals surface area (Å²) >= 11 is 0. The molecule has 0 radical (unpaired) electrons. The average Bonchev–Trinajstić information content (AvgIpc) is 2.64. The molecule has 0 fully saturated rings. The fraction of sp³-hybridized carbons (Fsp3) is 0.870. The fourth-order valence-corrected chi connectivity index (χ4v) is 3.21. The molecule has 3 heteroatoms. The van der Waals surface area contributed by atoms with Gasteiger partial charge in [0.25, 0.3) is 0 Å². The molecule has 0 aromatic rings. The van der Waals surface area contributed by atoms with Gasteiger partial charge in [0.05, 0.1) is 12.9 Å². The van der Waals surface area contributed by atoms with E-state index in [1.54, 1.807) is 0 Å². The molecule has 0 aliphatic heterocycles. The van der Waals surface area contributed by atoms with Crippen molar-refractivity contribution in [3.8, 4) is 0 Å². The van der Waals surface area contributed by atoms with Crippen LogP contribution in [0.1, 0.15) is 116 Å². The lowest BCUT2D eigenvalue weighted by molar-refractivity contribution is -0.121. The molecule has 0 unspecified atom stereocenters. The van der Waals surface area contributed by atoms with Crippen molar-refractivity contribution in [2.24, 2.45) is 0 Å². The Morgan fingerprint density at radius 1 is 0.769 bits per heavy atom. The molecule has 0 saturated carbocycles. The molecule has 0 heterocycles. The molecule has 154 valence electrons. The van der Waals surface area contributed by atoms with Crippen molar-refractivity contribution >= 4 is 5.91 Å². The van der Waals surface area contributed by atoms with Gasteiger partial charge in [0.15, 0.2) is 0 Å². The third kappa shape index (κ3) is 21.1. The zero-order chi connectivity index (χ0) is 19.1. The Balaban J connectivity index is 3.10. The van der Waals surface area contributed by atoms with E-state index in [0.29, 0.717) is 19.6 Å². The number of amides is 1. The topological polar surface area (TPSA) is 38.3 Å². The molecule has 0 rings (SSSR count). The van der Waals surface area contributed by atoms with Crippen LogP contribution in [0.25, 0.3) is 0 Å². The summed E-state index contributed by atoms with van der Waals surface area (Å²) in [5.41, 5.74) is 0. The summed E-state index contributed by atoms with van der Waals surface area (Å²) < 4.78 is 5.02. The van der Waals surface area contributed by atoms with Crippen molar-refractivity contribution in [2.75, 3.05) is 13.2 Å². The number of ether oxygens (including phenoxy) is 1. The lowest BCUT2D eigenvalue weighted by atomic mass is 10.0. The minimum Gasteiger partial charge on any atom is -0.502 e. The first-order valence-electron chi connectivity index (χ1n) is 11.3. The summed E-state index contributed by atoms with van der Waals surface area (Å²) in [6.45, 7) is 7.09. The minimum atomic E-state index is 0.179. The Morgan fingerprint density at radius 3 is 1.69 bits per heavy atom. The highest BCUT2D eigenvalue weighted by molar-refractivity contribution is 5.75. The first-order chi connectivity index (χ1) is 12.8. The normalized spacial score (nSPS) is 10.7. The summed E-state index contributed by atoms with van der Waals surface area (Å²) in [7, 11) is 0. The number of nitrogens with one attached hydrogen (secondary N) is 1. The van der Waals surface area contributed by atoms with Crippen LogP contribution in [-0.2, 0) is 9.53 Å². The second-order valence-electron chi connectivity index (χ2n) is 7.44. The predicted octanol–water partition coefficient (Wildman–Crippen LogP) is 6.91. The van der Waals surface area contributed by atoms with E-state index in [1.807, 2.05) is 0 Å². The van der Waals surface area contributed by atoms with E-state index in [1.165, 1.54) is 96.2 Å². The van der Waals surface area contributed by atoms with Crippen LogP contribution in [0.4, 0.5) is 0 Å². The van der Waals surface area contributed by atoms with Crippen LogP contribution >= 0.6 is 0 Å². The Kier molecular flexibility index (Phi) is 21.2. The van der Waals surface area contributed by atoms with Gasteiger partial charge in [0.1, 0.15) is 0 Å². The van der Waals surface area contributed by atoms with Crippen molar-refractivity contribution in [1.82, 2.24) is 5.32 Å². The average molecular weight is 368 g/mol. The number of hydrogen-bond acceptors (Lipinski definition) is 2. The maximum absolute atomic E-state index is 11.6. The van der Waals surface area contributed by atoms with E-state index < -0.39 is 0 Å². The smallest absolute Gasteiger partial charge is 0.219 e. The van der Waals surface area contributed by atoms with Gasteiger partial charge in [-0.1, -0.05) is 103 Å². The van der Waals surface area contributed by atoms with Gasteiger partial charge in [-0.25, -0.2) is 0 Å². The first kappa shape index (κ1) is 25.0. The molecule has 0 saturated heterocycles. The summed E-state index contributed by atoms with van der Waals surface area (Å²) in [4.78, 5) is 11.6. The lowest BCUT2D eigenvalue weighted by Crippen LogP contribution is -2.24. The zero-order valence-corrected chi connectivity index (χ0v) is 17.5. The number of carbonyl (C=O) groups excluding carboxylic acids is 1. The molecule has 0 aromatic heterocycles. The highest BCUT2D eigenvalue weighted by Crippen LogP contribution is 2.13. The zero-order valence-electron chi connectivity index (χ0n) is 17.5. The number of carbonyl (C=O) groups is 1. The highest BCUT2D eigenvalue weighted by atomic mass is 16.5. The Bertz CT molecular complexity index is 305. The van der Waals surface area contributed by atoms with E-state index >= 15 is 0 Å². The van der Waals surface area contributed by atoms with Crippen LogP contribution in [0.3, 0.4) is 0 Å². The molecule has 1 amide bonds. The van der Waals surface area contributed by atoms with E-state index in [2.05, 4.69) is 18.8 Å². The highest BCUT2D eigenvalue weighted by Gasteiger charge is 2.00. The van der Waals surface area contributed by atoms with Gasteiger partial charge in [-0.3, -0.25) is 4.79 Å². The monoisotopic (exact) mass is 367 g/mol. The molecule has 3 nitrogen and oxygen atoms in total. The van der Waals surface area contributed by atoms with Crippen LogP contribution in [0, 0.1) is 0 Å². The third-order valence-corrected chi connectivity index (χ3v) is 4.89. The molecule has 26 heavy (non-hydrogen) atoms. The summed E-state index contributed by atoms with van der Waals surface area (Å²) in [6, 6.07) is 0. The largest absolute Gasteiger partial charge is 0.502 e. The molecule has 0 aliphatic carbocycles. The standard InChI is InChI=1S/C23H45NO2/c1-3-5-6-7-8-9-10-11-12-13-14-15-16-17-18-20-23(25)24-21-19-22-26-4-2/h4H,2-3,5-22H2,1H3,(H,24,25). The summed E-state index contributed by atoms with van der Waals surface area (Å²) in [5, 5.41) is 2.94. The van der Waals surface area contributed by atoms with Crippen molar-refractivity contribution in [2.45, 2.75) is 116 Å². The molecule has 0 aromatic carbocycles. The molecule has 0 bridgehead atoms. The van der Waals surface area contributed by atoms with Gasteiger partial charge >= 0.3 is 0 Å². The van der Waals surface area contributed by atoms with Crippen LogP contribution in [-0.4, -0.2) is 19.1 Å². The van der Waals surface area contributed by atoms with E-state index in [4.69, 9.17) is 4.74 Å². The van der Waals surface area contributed by atoms with Gasteiger partial charge in [-0.05, 0) is 12.8 Å². The second kappa shape index (κ2) is 22.1. The lowest BCUT2D eigenvalue weighted by Gasteiger charge is -2.05. The number of hydrogen-bond donors (Lipinski definition) is 1. The van der Waals surface area contributed by atoms with E-state index in [0.717, 1.165) is 12.8 Å². The van der Waals surface area contributed by atoms with Crippen LogP contribution in [0.15, 0.2) is 12.8 Å². The molecule has 1 N–H and O–H groups in total. The fourth-order valence-electron chi connectivity index (χ4n) is 3.21. The Labute approximate surface area is 163 Å². The van der Waals surface area contributed by atoms with E-state index in [-0.39, 0.29) is 5.91 Å². The van der Waals surface area contributed by atoms with Gasteiger partial charge in [0.2, 0.25) is 5.91 Å². The molecule has 0 atom stereocenters. The quantitative estimate of drug-likeness (QED) is 0.177. The Hall–Kier alpha value is -0.990. The third-order valence-electron chi connectivity index (χ3n) is 4.89. The van der Waals surface area contributed by atoms with Crippen LogP contribution in [0.2, 0.25) is 0 Å². The SMILES string of the molecule is C=COCCCNC(=O)CCCCCCCCCCCCCCCCC. The Morgan fingerprint density at radius 2 is 1.23 bits per heavy atom. The van der Waals surface area contributed by atoms with Crippen molar-refractivity contribution in [1.29, 1.82) is 0 Å². The molecule has 0 spiro atoms. The number of rotatable bonds is 21. The molecule has 0 aliphatic rings. The van der Waals surface area contributed by atoms with Gasteiger partial charge in [-0.2, -0.15) is 0 Å². The maximum atomic E-state index is 11.6. The molecular weight excluding hydrogens is 322 g/mol. The van der Waals surface area contributed by atoms with Gasteiger partial charge < -0.3 is 10.1 Å². The van der Waals surface area contributed by atoms with Crippen molar-refractivity contribution < 1.29 is 9.53 Å².